The number of benzene rings is 2. The molecule has 0 heterocycles. The van der Waals surface area contributed by atoms with Crippen LogP contribution >= 0.6 is 0 Å². The Hall–Kier alpha value is -1.57. The average molecular weight is 198 g/mol. The van der Waals surface area contributed by atoms with Gasteiger partial charge in [0.05, 0.1) is 0 Å². The van der Waals surface area contributed by atoms with Crippen molar-refractivity contribution in [1.29, 1.82) is 0 Å². The van der Waals surface area contributed by atoms with Crippen LogP contribution in [0.1, 0.15) is 5.56 Å². The lowest BCUT2D eigenvalue weighted by Gasteiger charge is -2.00. The van der Waals surface area contributed by atoms with E-state index in [-0.39, 0.29) is 5.82 Å². The summed E-state index contributed by atoms with van der Waals surface area (Å²) in [5.74, 6) is -0.168. The standard InChI is InChI=1S/C13H12BF/c15-13-8-6-12(7-9-13)14-10-11-4-2-1-3-5-11/h1-9,14H,10H2. The molecule has 0 radical (unpaired) electrons. The molecule has 0 amide bonds. The highest BCUT2D eigenvalue weighted by atomic mass is 19.1. The third kappa shape index (κ3) is 2.95. The average Bonchev–Trinajstić information content (AvgIpc) is 2.30. The fourth-order valence-electron chi connectivity index (χ4n) is 1.58. The van der Waals surface area contributed by atoms with Gasteiger partial charge < -0.3 is 0 Å². The van der Waals surface area contributed by atoms with Crippen LogP contribution in [0.5, 0.6) is 0 Å². The first-order valence-corrected chi connectivity index (χ1v) is 5.13. The van der Waals surface area contributed by atoms with E-state index in [0.717, 1.165) is 13.6 Å². The predicted molar refractivity (Wildman–Crippen MR) is 63.3 cm³/mol. The van der Waals surface area contributed by atoms with Crippen LogP contribution in [-0.2, 0) is 6.32 Å². The van der Waals surface area contributed by atoms with Crippen molar-refractivity contribution < 1.29 is 4.39 Å². The molecule has 2 aromatic rings. The maximum Gasteiger partial charge on any atom is 0.162 e. The van der Waals surface area contributed by atoms with Gasteiger partial charge in [-0.1, -0.05) is 53.5 Å². The molecule has 0 bridgehead atoms. The summed E-state index contributed by atoms with van der Waals surface area (Å²) < 4.78 is 12.6. The first kappa shape index (κ1) is 9.97. The normalized spacial score (nSPS) is 9.93. The van der Waals surface area contributed by atoms with Crippen molar-refractivity contribution in [3.05, 3.63) is 66.0 Å². The summed E-state index contributed by atoms with van der Waals surface area (Å²) in [5.41, 5.74) is 2.50. The second kappa shape index (κ2) is 4.78. The number of rotatable bonds is 3. The highest BCUT2D eigenvalue weighted by Crippen LogP contribution is 1.99. The monoisotopic (exact) mass is 198 g/mol. The van der Waals surface area contributed by atoms with Crippen molar-refractivity contribution in [2.45, 2.75) is 6.32 Å². The van der Waals surface area contributed by atoms with E-state index in [1.807, 2.05) is 30.3 Å². The Kier molecular flexibility index (Phi) is 3.18. The molecule has 2 heteroatoms. The molecule has 0 aliphatic carbocycles. The SMILES string of the molecule is Fc1ccc(BCc2ccccc2)cc1. The zero-order chi connectivity index (χ0) is 10.5. The van der Waals surface area contributed by atoms with Gasteiger partial charge in [-0.2, -0.15) is 0 Å². The molecule has 0 atom stereocenters. The molecule has 0 N–H and O–H groups in total. The van der Waals surface area contributed by atoms with Gasteiger partial charge in [-0.15, -0.1) is 0 Å². The van der Waals surface area contributed by atoms with Crippen LogP contribution in [0.4, 0.5) is 4.39 Å². The van der Waals surface area contributed by atoms with Crippen LogP contribution in [-0.4, -0.2) is 7.28 Å². The molecule has 0 aliphatic heterocycles. The van der Waals surface area contributed by atoms with Gasteiger partial charge in [0.2, 0.25) is 0 Å². The van der Waals surface area contributed by atoms with E-state index in [9.17, 15) is 4.39 Å². The molecule has 74 valence electrons. The molecule has 2 rings (SSSR count). The lowest BCUT2D eigenvalue weighted by atomic mass is 9.65. The van der Waals surface area contributed by atoms with Crippen LogP contribution in [0, 0.1) is 5.82 Å². The molecular weight excluding hydrogens is 186 g/mol. The van der Waals surface area contributed by atoms with E-state index in [0.29, 0.717) is 0 Å². The van der Waals surface area contributed by atoms with Gasteiger partial charge in [-0.25, -0.2) is 4.39 Å². The minimum absolute atomic E-state index is 0.168. The summed E-state index contributed by atoms with van der Waals surface area (Å²) in [7, 11) is 0.963. The molecule has 0 nitrogen and oxygen atoms in total. The summed E-state index contributed by atoms with van der Waals surface area (Å²) >= 11 is 0. The summed E-state index contributed by atoms with van der Waals surface area (Å²) in [4.78, 5) is 0. The zero-order valence-corrected chi connectivity index (χ0v) is 8.49. The van der Waals surface area contributed by atoms with Crippen molar-refractivity contribution >= 4 is 12.7 Å². The summed E-state index contributed by atoms with van der Waals surface area (Å²) in [6.45, 7) is 0. The summed E-state index contributed by atoms with van der Waals surface area (Å²) in [6, 6.07) is 17.0. The Morgan fingerprint density at radius 1 is 0.867 bits per heavy atom. The Morgan fingerprint density at radius 2 is 1.53 bits per heavy atom. The smallest absolute Gasteiger partial charge is 0.162 e. The lowest BCUT2D eigenvalue weighted by molar-refractivity contribution is 0.628. The van der Waals surface area contributed by atoms with E-state index in [1.54, 1.807) is 0 Å². The molecule has 0 unspecified atom stereocenters. The molecule has 0 saturated carbocycles. The van der Waals surface area contributed by atoms with Crippen LogP contribution in [0.3, 0.4) is 0 Å². The lowest BCUT2D eigenvalue weighted by Crippen LogP contribution is -2.16. The minimum atomic E-state index is -0.168. The fraction of sp³-hybridized carbons (Fsp3) is 0.0769. The van der Waals surface area contributed by atoms with Crippen LogP contribution < -0.4 is 5.46 Å². The first-order chi connectivity index (χ1) is 7.34. The quantitative estimate of drug-likeness (QED) is 0.662. The highest BCUT2D eigenvalue weighted by Gasteiger charge is 1.97. The molecule has 2 aromatic carbocycles. The summed E-state index contributed by atoms with van der Waals surface area (Å²) in [6.07, 6.45) is 1.01. The van der Waals surface area contributed by atoms with Crippen LogP contribution in [0.25, 0.3) is 0 Å². The zero-order valence-electron chi connectivity index (χ0n) is 8.49. The van der Waals surface area contributed by atoms with Gasteiger partial charge in [0.1, 0.15) is 5.82 Å². The largest absolute Gasteiger partial charge is 0.207 e. The predicted octanol–water partition coefficient (Wildman–Crippen LogP) is 2.09. The Bertz CT molecular complexity index is 408. The Balaban J connectivity index is 1.96. The molecule has 0 saturated heterocycles. The van der Waals surface area contributed by atoms with Gasteiger partial charge in [0.15, 0.2) is 7.28 Å². The third-order valence-electron chi connectivity index (χ3n) is 2.46. The van der Waals surface area contributed by atoms with Gasteiger partial charge >= 0.3 is 0 Å². The van der Waals surface area contributed by atoms with Crippen molar-refractivity contribution in [2.24, 2.45) is 0 Å². The van der Waals surface area contributed by atoms with Crippen molar-refractivity contribution in [1.82, 2.24) is 0 Å². The number of hydrogen-bond acceptors (Lipinski definition) is 0. The maximum absolute atomic E-state index is 12.6. The van der Waals surface area contributed by atoms with Gasteiger partial charge in [0, 0.05) is 0 Å². The second-order valence-corrected chi connectivity index (χ2v) is 3.61. The number of hydrogen-bond donors (Lipinski definition) is 0. The van der Waals surface area contributed by atoms with E-state index in [2.05, 4.69) is 12.1 Å². The Labute approximate surface area is 90.0 Å². The van der Waals surface area contributed by atoms with E-state index < -0.39 is 0 Å². The number of halogens is 1. The minimum Gasteiger partial charge on any atom is -0.207 e. The third-order valence-corrected chi connectivity index (χ3v) is 2.46. The van der Waals surface area contributed by atoms with Gasteiger partial charge in [0.25, 0.3) is 0 Å². The Morgan fingerprint density at radius 3 is 2.20 bits per heavy atom. The molecule has 0 spiro atoms. The van der Waals surface area contributed by atoms with E-state index in [4.69, 9.17) is 0 Å². The highest BCUT2D eigenvalue weighted by molar-refractivity contribution is 6.52. The van der Waals surface area contributed by atoms with Crippen molar-refractivity contribution in [2.75, 3.05) is 0 Å². The fourth-order valence-corrected chi connectivity index (χ4v) is 1.58. The van der Waals surface area contributed by atoms with E-state index in [1.165, 1.54) is 23.2 Å². The van der Waals surface area contributed by atoms with Crippen LogP contribution in [0.15, 0.2) is 54.6 Å². The molecule has 0 aromatic heterocycles. The van der Waals surface area contributed by atoms with Crippen molar-refractivity contribution in [3.63, 3.8) is 0 Å². The first-order valence-electron chi connectivity index (χ1n) is 5.13. The van der Waals surface area contributed by atoms with Crippen molar-refractivity contribution in [3.8, 4) is 0 Å². The molecule has 0 fully saturated rings. The topological polar surface area (TPSA) is 0 Å². The molecule has 15 heavy (non-hydrogen) atoms. The molecule has 0 aliphatic rings. The van der Waals surface area contributed by atoms with E-state index >= 15 is 0 Å². The molecular formula is C13H12BF. The summed E-state index contributed by atoms with van der Waals surface area (Å²) in [5, 5.41) is 0. The van der Waals surface area contributed by atoms with Gasteiger partial charge in [-0.3, -0.25) is 0 Å². The van der Waals surface area contributed by atoms with Gasteiger partial charge in [-0.05, 0) is 18.5 Å². The van der Waals surface area contributed by atoms with Crippen LogP contribution in [0.2, 0.25) is 0 Å². The second-order valence-electron chi connectivity index (χ2n) is 3.61. The maximum atomic E-state index is 12.6.